The number of methoxy groups -OCH3 is 1. The van der Waals surface area contributed by atoms with Crippen molar-refractivity contribution >= 4 is 5.97 Å². The fourth-order valence-electron chi connectivity index (χ4n) is 5.27. The zero-order valence-electron chi connectivity index (χ0n) is 12.9. The molecule has 0 radical (unpaired) electrons. The molecule has 4 heteroatoms. The van der Waals surface area contributed by atoms with Crippen molar-refractivity contribution in [2.45, 2.75) is 51.7 Å². The van der Waals surface area contributed by atoms with Crippen molar-refractivity contribution in [3.8, 4) is 0 Å². The van der Waals surface area contributed by atoms with Gasteiger partial charge in [0, 0.05) is 38.0 Å². The average Bonchev–Trinajstić information content (AvgIpc) is 2.80. The number of piperidine rings is 1. The van der Waals surface area contributed by atoms with Gasteiger partial charge < -0.3 is 9.47 Å². The maximum atomic E-state index is 11.3. The first-order chi connectivity index (χ1) is 9.61. The van der Waals surface area contributed by atoms with Gasteiger partial charge in [-0.05, 0) is 38.1 Å². The second-order valence-electron chi connectivity index (χ2n) is 6.85. The van der Waals surface area contributed by atoms with Gasteiger partial charge in [0.15, 0.2) is 0 Å². The Bertz CT molecular complexity index is 386. The van der Waals surface area contributed by atoms with Gasteiger partial charge in [-0.15, -0.1) is 0 Å². The molecule has 2 aliphatic carbocycles. The molecule has 0 aromatic carbocycles. The maximum Gasteiger partial charge on any atom is 0.302 e. The number of ether oxygens (including phenoxy) is 2. The third kappa shape index (κ3) is 2.08. The Morgan fingerprint density at radius 3 is 2.80 bits per heavy atom. The van der Waals surface area contributed by atoms with Crippen LogP contribution in [0.3, 0.4) is 0 Å². The van der Waals surface area contributed by atoms with E-state index in [-0.39, 0.29) is 11.4 Å². The first-order valence-electron chi connectivity index (χ1n) is 8.01. The fraction of sp³-hybridized carbons (Fsp3) is 0.938. The minimum Gasteiger partial charge on any atom is -0.465 e. The number of esters is 1. The smallest absolute Gasteiger partial charge is 0.302 e. The van der Waals surface area contributed by atoms with E-state index in [2.05, 4.69) is 11.8 Å². The lowest BCUT2D eigenvalue weighted by atomic mass is 9.59. The second kappa shape index (κ2) is 5.30. The van der Waals surface area contributed by atoms with Crippen LogP contribution in [0.1, 0.15) is 39.5 Å². The van der Waals surface area contributed by atoms with Gasteiger partial charge in [0.2, 0.25) is 0 Å². The molecule has 20 heavy (non-hydrogen) atoms. The number of likely N-dealkylation sites (tertiary alicyclic amines) is 1. The maximum absolute atomic E-state index is 11.3. The molecule has 3 fully saturated rings. The zero-order chi connectivity index (χ0) is 14.3. The SMILES string of the molecule is CCN1C[C@]2(COC(C)=O)CC[C@H](OC)[C@@H]3[C@H]1CC[C@@H]32. The molecular weight excluding hydrogens is 254 g/mol. The van der Waals surface area contributed by atoms with Crippen LogP contribution in [0.15, 0.2) is 0 Å². The van der Waals surface area contributed by atoms with Crippen LogP contribution in [0.2, 0.25) is 0 Å². The molecule has 3 rings (SSSR count). The third-order valence-corrected chi connectivity index (χ3v) is 6.08. The summed E-state index contributed by atoms with van der Waals surface area (Å²) in [5.41, 5.74) is 0.175. The van der Waals surface area contributed by atoms with Crippen LogP contribution in [-0.4, -0.2) is 49.8 Å². The fourth-order valence-corrected chi connectivity index (χ4v) is 5.27. The molecule has 0 aromatic rings. The van der Waals surface area contributed by atoms with E-state index in [0.717, 1.165) is 25.9 Å². The second-order valence-corrected chi connectivity index (χ2v) is 6.85. The molecule has 1 aliphatic heterocycles. The number of hydrogen-bond donors (Lipinski definition) is 0. The lowest BCUT2D eigenvalue weighted by Crippen LogP contribution is -2.62. The lowest BCUT2D eigenvalue weighted by molar-refractivity contribution is -0.164. The van der Waals surface area contributed by atoms with Crippen LogP contribution >= 0.6 is 0 Å². The predicted octanol–water partition coefficient (Wildman–Crippen LogP) is 2.07. The molecule has 0 aromatic heterocycles. The largest absolute Gasteiger partial charge is 0.465 e. The molecule has 1 saturated heterocycles. The predicted molar refractivity (Wildman–Crippen MR) is 76.3 cm³/mol. The highest BCUT2D eigenvalue weighted by Gasteiger charge is 2.60. The summed E-state index contributed by atoms with van der Waals surface area (Å²) < 4.78 is 11.3. The van der Waals surface area contributed by atoms with Gasteiger partial charge in [0.25, 0.3) is 0 Å². The lowest BCUT2D eigenvalue weighted by Gasteiger charge is -2.56. The molecule has 0 spiro atoms. The Morgan fingerprint density at radius 1 is 1.35 bits per heavy atom. The van der Waals surface area contributed by atoms with Crippen molar-refractivity contribution in [1.29, 1.82) is 0 Å². The van der Waals surface area contributed by atoms with Crippen LogP contribution in [0.5, 0.6) is 0 Å². The highest BCUT2D eigenvalue weighted by atomic mass is 16.5. The molecule has 114 valence electrons. The summed E-state index contributed by atoms with van der Waals surface area (Å²) in [5.74, 6) is 1.17. The van der Waals surface area contributed by atoms with Gasteiger partial charge in [0.1, 0.15) is 0 Å². The highest BCUT2D eigenvalue weighted by molar-refractivity contribution is 5.65. The van der Waals surface area contributed by atoms with Gasteiger partial charge in [-0.25, -0.2) is 0 Å². The topological polar surface area (TPSA) is 38.8 Å². The Hall–Kier alpha value is -0.610. The van der Waals surface area contributed by atoms with Gasteiger partial charge >= 0.3 is 5.97 Å². The van der Waals surface area contributed by atoms with Gasteiger partial charge in [-0.3, -0.25) is 9.69 Å². The van der Waals surface area contributed by atoms with Crippen molar-refractivity contribution < 1.29 is 14.3 Å². The number of carbonyl (C=O) groups excluding carboxylic acids is 1. The normalized spacial score (nSPS) is 43.5. The standard InChI is InChI=1S/C16H27NO3/c1-4-17-9-16(10-20-11(2)18)8-7-14(19-3)15-12(16)5-6-13(15)17/h12-15H,4-10H2,1-3H3/t12-,13+,14-,15-,16-/m0/s1. The minimum absolute atomic E-state index is 0.145. The minimum atomic E-state index is -0.145. The van der Waals surface area contributed by atoms with E-state index in [1.165, 1.54) is 19.8 Å². The van der Waals surface area contributed by atoms with Gasteiger partial charge in [-0.1, -0.05) is 6.92 Å². The molecule has 0 N–H and O–H groups in total. The first kappa shape index (κ1) is 14.3. The first-order valence-corrected chi connectivity index (χ1v) is 8.01. The molecule has 5 atom stereocenters. The van der Waals surface area contributed by atoms with E-state index in [0.29, 0.717) is 30.6 Å². The molecule has 4 bridgehead atoms. The van der Waals surface area contributed by atoms with Gasteiger partial charge in [-0.2, -0.15) is 0 Å². The molecule has 1 heterocycles. The average molecular weight is 281 g/mol. The summed E-state index contributed by atoms with van der Waals surface area (Å²) in [4.78, 5) is 13.9. The molecule has 4 nitrogen and oxygen atoms in total. The van der Waals surface area contributed by atoms with E-state index >= 15 is 0 Å². The summed E-state index contributed by atoms with van der Waals surface area (Å²) in [6.07, 6.45) is 5.20. The zero-order valence-corrected chi connectivity index (χ0v) is 12.9. The summed E-state index contributed by atoms with van der Waals surface area (Å²) in [6, 6.07) is 0.681. The van der Waals surface area contributed by atoms with E-state index in [4.69, 9.17) is 9.47 Å². The summed E-state index contributed by atoms with van der Waals surface area (Å²) in [5, 5.41) is 0. The number of rotatable bonds is 4. The molecule has 3 aliphatic rings. The monoisotopic (exact) mass is 281 g/mol. The van der Waals surface area contributed by atoms with Gasteiger partial charge in [0.05, 0.1) is 12.7 Å². The Kier molecular flexibility index (Phi) is 3.80. The van der Waals surface area contributed by atoms with Crippen LogP contribution in [-0.2, 0) is 14.3 Å². The summed E-state index contributed by atoms with van der Waals surface area (Å²) in [6.45, 7) is 6.55. The molecule has 0 unspecified atom stereocenters. The van der Waals surface area contributed by atoms with Crippen molar-refractivity contribution in [3.63, 3.8) is 0 Å². The Morgan fingerprint density at radius 2 is 2.15 bits per heavy atom. The van der Waals surface area contributed by atoms with Crippen LogP contribution in [0, 0.1) is 17.3 Å². The molecular formula is C16H27NO3. The number of nitrogens with zero attached hydrogens (tertiary/aromatic N) is 1. The summed E-state index contributed by atoms with van der Waals surface area (Å²) >= 11 is 0. The Labute approximate surface area is 121 Å². The number of carbonyl (C=O) groups is 1. The van der Waals surface area contributed by atoms with Crippen LogP contribution < -0.4 is 0 Å². The van der Waals surface area contributed by atoms with Crippen LogP contribution in [0.25, 0.3) is 0 Å². The van der Waals surface area contributed by atoms with E-state index in [1.54, 1.807) is 0 Å². The van der Waals surface area contributed by atoms with E-state index < -0.39 is 0 Å². The Balaban J connectivity index is 1.88. The highest BCUT2D eigenvalue weighted by Crippen LogP contribution is 2.58. The van der Waals surface area contributed by atoms with Crippen molar-refractivity contribution in [1.82, 2.24) is 4.90 Å². The van der Waals surface area contributed by atoms with Crippen molar-refractivity contribution in [3.05, 3.63) is 0 Å². The third-order valence-electron chi connectivity index (χ3n) is 6.08. The van der Waals surface area contributed by atoms with E-state index in [1.807, 2.05) is 7.11 Å². The molecule has 2 saturated carbocycles. The van der Waals surface area contributed by atoms with E-state index in [9.17, 15) is 4.79 Å². The quantitative estimate of drug-likeness (QED) is 0.740. The number of hydrogen-bond acceptors (Lipinski definition) is 4. The van der Waals surface area contributed by atoms with Crippen molar-refractivity contribution in [2.75, 3.05) is 26.8 Å². The van der Waals surface area contributed by atoms with Crippen LogP contribution in [0.4, 0.5) is 0 Å². The molecule has 0 amide bonds. The van der Waals surface area contributed by atoms with Crippen molar-refractivity contribution in [2.24, 2.45) is 17.3 Å². The summed E-state index contributed by atoms with van der Waals surface area (Å²) in [7, 11) is 1.86.